The fourth-order valence-corrected chi connectivity index (χ4v) is 3.29. The molecule has 1 heterocycles. The Kier molecular flexibility index (Phi) is 3.50. The van der Waals surface area contributed by atoms with Crippen molar-refractivity contribution in [2.45, 2.75) is 9.79 Å². The number of hydrogen-bond acceptors (Lipinski definition) is 4. The molecule has 0 amide bonds. The van der Waals surface area contributed by atoms with E-state index in [1.807, 2.05) is 0 Å². The third kappa shape index (κ3) is 2.68. The fraction of sp³-hybridized carbons (Fsp3) is 0. The minimum Gasteiger partial charge on any atom is -0.244 e. The molecule has 5 heteroatoms. The van der Waals surface area contributed by atoms with Crippen LogP contribution in [0.4, 0.5) is 0 Å². The summed E-state index contributed by atoms with van der Waals surface area (Å²) >= 11 is 0. The molecule has 0 unspecified atom stereocenters. The normalized spacial score (nSPS) is 11.2. The molecule has 0 radical (unpaired) electrons. The SMILES string of the molecule is O=S(=O)(c1ccccc1)c1ccc(-c2cncnc2)cc1. The van der Waals surface area contributed by atoms with Crippen molar-refractivity contribution in [3.63, 3.8) is 0 Å². The van der Waals surface area contributed by atoms with E-state index in [2.05, 4.69) is 9.97 Å². The second kappa shape index (κ2) is 5.46. The van der Waals surface area contributed by atoms with Gasteiger partial charge in [0.15, 0.2) is 0 Å². The van der Waals surface area contributed by atoms with E-state index >= 15 is 0 Å². The van der Waals surface area contributed by atoms with Gasteiger partial charge in [0.25, 0.3) is 0 Å². The van der Waals surface area contributed by atoms with E-state index in [0.29, 0.717) is 4.90 Å². The summed E-state index contributed by atoms with van der Waals surface area (Å²) < 4.78 is 24.9. The van der Waals surface area contributed by atoms with E-state index in [1.54, 1.807) is 67.0 Å². The fourth-order valence-electron chi connectivity index (χ4n) is 2.01. The Morgan fingerprint density at radius 2 is 1.24 bits per heavy atom. The average molecular weight is 296 g/mol. The van der Waals surface area contributed by atoms with Gasteiger partial charge in [0.1, 0.15) is 6.33 Å². The Labute approximate surface area is 123 Å². The lowest BCUT2D eigenvalue weighted by atomic mass is 10.1. The summed E-state index contributed by atoms with van der Waals surface area (Å²) in [7, 11) is -3.47. The maximum Gasteiger partial charge on any atom is 0.206 e. The van der Waals surface area contributed by atoms with Gasteiger partial charge >= 0.3 is 0 Å². The second-order valence-electron chi connectivity index (χ2n) is 4.47. The van der Waals surface area contributed by atoms with E-state index in [9.17, 15) is 8.42 Å². The number of nitrogens with zero attached hydrogens (tertiary/aromatic N) is 2. The van der Waals surface area contributed by atoms with Gasteiger partial charge in [-0.2, -0.15) is 0 Å². The molecule has 0 spiro atoms. The van der Waals surface area contributed by atoms with Crippen LogP contribution >= 0.6 is 0 Å². The van der Waals surface area contributed by atoms with E-state index in [4.69, 9.17) is 0 Å². The van der Waals surface area contributed by atoms with Crippen molar-refractivity contribution in [3.05, 3.63) is 73.3 Å². The number of aromatic nitrogens is 2. The van der Waals surface area contributed by atoms with Crippen molar-refractivity contribution in [2.75, 3.05) is 0 Å². The first-order chi connectivity index (χ1) is 10.2. The van der Waals surface area contributed by atoms with E-state index in [0.717, 1.165) is 11.1 Å². The minimum atomic E-state index is -3.47. The molecule has 4 nitrogen and oxygen atoms in total. The summed E-state index contributed by atoms with van der Waals surface area (Å²) in [6, 6.07) is 15.1. The van der Waals surface area contributed by atoms with E-state index < -0.39 is 9.84 Å². The largest absolute Gasteiger partial charge is 0.244 e. The zero-order chi connectivity index (χ0) is 14.7. The van der Waals surface area contributed by atoms with Crippen LogP contribution in [0, 0.1) is 0 Å². The van der Waals surface area contributed by atoms with Crippen LogP contribution in [0.3, 0.4) is 0 Å². The Bertz CT molecular complexity index is 830. The quantitative estimate of drug-likeness (QED) is 0.745. The average Bonchev–Trinajstić information content (AvgIpc) is 2.57. The molecule has 0 N–H and O–H groups in total. The molecule has 3 aromatic rings. The maximum absolute atomic E-state index is 12.5. The van der Waals surface area contributed by atoms with Crippen LogP contribution in [0.5, 0.6) is 0 Å². The smallest absolute Gasteiger partial charge is 0.206 e. The van der Waals surface area contributed by atoms with Crippen molar-refractivity contribution in [1.82, 2.24) is 9.97 Å². The van der Waals surface area contributed by atoms with Crippen LogP contribution in [0.1, 0.15) is 0 Å². The lowest BCUT2D eigenvalue weighted by Crippen LogP contribution is -2.01. The summed E-state index contributed by atoms with van der Waals surface area (Å²) in [6.45, 7) is 0. The zero-order valence-electron chi connectivity index (χ0n) is 11.0. The molecular weight excluding hydrogens is 284 g/mol. The highest BCUT2D eigenvalue weighted by Crippen LogP contribution is 2.24. The van der Waals surface area contributed by atoms with Gasteiger partial charge in [0, 0.05) is 18.0 Å². The molecule has 0 aliphatic carbocycles. The van der Waals surface area contributed by atoms with Gasteiger partial charge < -0.3 is 0 Å². The molecule has 3 rings (SSSR count). The number of benzene rings is 2. The van der Waals surface area contributed by atoms with Crippen molar-refractivity contribution >= 4 is 9.84 Å². The van der Waals surface area contributed by atoms with Crippen LogP contribution in [0.15, 0.2) is 83.1 Å². The van der Waals surface area contributed by atoms with E-state index in [-0.39, 0.29) is 4.90 Å². The monoisotopic (exact) mass is 296 g/mol. The number of hydrogen-bond donors (Lipinski definition) is 0. The van der Waals surface area contributed by atoms with Crippen LogP contribution in [0.25, 0.3) is 11.1 Å². The Morgan fingerprint density at radius 3 is 1.86 bits per heavy atom. The highest BCUT2D eigenvalue weighted by Gasteiger charge is 2.16. The first kappa shape index (κ1) is 13.5. The molecule has 0 saturated carbocycles. The molecule has 1 aromatic heterocycles. The summed E-state index contributed by atoms with van der Waals surface area (Å²) in [5, 5.41) is 0. The number of rotatable bonds is 3. The molecule has 0 fully saturated rings. The van der Waals surface area contributed by atoms with Gasteiger partial charge in [0.2, 0.25) is 9.84 Å². The lowest BCUT2D eigenvalue weighted by Gasteiger charge is -2.06. The van der Waals surface area contributed by atoms with Gasteiger partial charge in [-0.3, -0.25) is 0 Å². The third-order valence-electron chi connectivity index (χ3n) is 3.11. The Hall–Kier alpha value is -2.53. The molecule has 0 aliphatic heterocycles. The standard InChI is InChI=1S/C16H12N2O2S/c19-21(20,15-4-2-1-3-5-15)16-8-6-13(7-9-16)14-10-17-12-18-11-14/h1-12H. The van der Waals surface area contributed by atoms with Crippen molar-refractivity contribution in [3.8, 4) is 11.1 Å². The summed E-state index contributed by atoms with van der Waals surface area (Å²) in [5.74, 6) is 0. The van der Waals surface area contributed by atoms with Crippen LogP contribution in [0.2, 0.25) is 0 Å². The predicted molar refractivity (Wildman–Crippen MR) is 79.4 cm³/mol. The zero-order valence-corrected chi connectivity index (χ0v) is 11.9. The first-order valence-electron chi connectivity index (χ1n) is 6.33. The van der Waals surface area contributed by atoms with Gasteiger partial charge in [-0.1, -0.05) is 30.3 Å². The van der Waals surface area contributed by atoms with Crippen molar-refractivity contribution in [1.29, 1.82) is 0 Å². The Balaban J connectivity index is 1.99. The molecule has 0 bridgehead atoms. The molecular formula is C16H12N2O2S. The highest BCUT2D eigenvalue weighted by atomic mass is 32.2. The molecule has 21 heavy (non-hydrogen) atoms. The summed E-state index contributed by atoms with van der Waals surface area (Å²) in [4.78, 5) is 8.47. The van der Waals surface area contributed by atoms with Gasteiger partial charge in [-0.25, -0.2) is 18.4 Å². The van der Waals surface area contributed by atoms with Crippen LogP contribution in [-0.4, -0.2) is 18.4 Å². The predicted octanol–water partition coefficient (Wildman–Crippen LogP) is 2.98. The van der Waals surface area contributed by atoms with Gasteiger partial charge in [-0.05, 0) is 29.8 Å². The molecule has 104 valence electrons. The van der Waals surface area contributed by atoms with Crippen molar-refractivity contribution < 1.29 is 8.42 Å². The molecule has 0 aliphatic rings. The first-order valence-corrected chi connectivity index (χ1v) is 7.82. The number of sulfone groups is 1. The second-order valence-corrected chi connectivity index (χ2v) is 6.42. The lowest BCUT2D eigenvalue weighted by molar-refractivity contribution is 0.596. The minimum absolute atomic E-state index is 0.272. The molecule has 2 aromatic carbocycles. The highest BCUT2D eigenvalue weighted by molar-refractivity contribution is 7.91. The topological polar surface area (TPSA) is 59.9 Å². The van der Waals surface area contributed by atoms with Gasteiger partial charge in [-0.15, -0.1) is 0 Å². The van der Waals surface area contributed by atoms with Crippen LogP contribution < -0.4 is 0 Å². The van der Waals surface area contributed by atoms with E-state index in [1.165, 1.54) is 6.33 Å². The van der Waals surface area contributed by atoms with Gasteiger partial charge in [0.05, 0.1) is 9.79 Å². The van der Waals surface area contributed by atoms with Crippen molar-refractivity contribution in [2.24, 2.45) is 0 Å². The summed E-state index contributed by atoms with van der Waals surface area (Å²) in [5.41, 5.74) is 1.73. The maximum atomic E-state index is 12.5. The molecule has 0 atom stereocenters. The van der Waals surface area contributed by atoms with Crippen LogP contribution in [-0.2, 0) is 9.84 Å². The molecule has 0 saturated heterocycles. The summed E-state index contributed by atoms with van der Waals surface area (Å²) in [6.07, 6.45) is 4.83. The Morgan fingerprint density at radius 1 is 0.667 bits per heavy atom. The third-order valence-corrected chi connectivity index (χ3v) is 4.90.